The highest BCUT2D eigenvalue weighted by molar-refractivity contribution is 7.89. The molecule has 1 aliphatic heterocycles. The van der Waals surface area contributed by atoms with Crippen LogP contribution in [0.4, 0.5) is 5.82 Å². The van der Waals surface area contributed by atoms with Crippen molar-refractivity contribution in [2.24, 2.45) is 0 Å². The van der Waals surface area contributed by atoms with Crippen molar-refractivity contribution in [2.75, 3.05) is 12.4 Å². The van der Waals surface area contributed by atoms with Gasteiger partial charge in [0.2, 0.25) is 15.8 Å². The quantitative estimate of drug-likeness (QED) is 0.680. The van der Waals surface area contributed by atoms with E-state index in [0.29, 0.717) is 10.1 Å². The van der Waals surface area contributed by atoms with Crippen molar-refractivity contribution in [3.63, 3.8) is 0 Å². The minimum atomic E-state index is -3.98. The fraction of sp³-hybridized carbons (Fsp3) is 0.118. The van der Waals surface area contributed by atoms with E-state index in [9.17, 15) is 18.0 Å². The van der Waals surface area contributed by atoms with Crippen molar-refractivity contribution < 1.29 is 18.0 Å². The number of hydrogen-bond donors (Lipinski definition) is 1. The maximum Gasteiger partial charge on any atom is 0.252 e. The maximum atomic E-state index is 13.0. The number of ketones is 1. The number of likely N-dealkylation sites (N-methyl/N-ethyl adjacent to an activating group) is 1. The van der Waals surface area contributed by atoms with Gasteiger partial charge in [-0.2, -0.15) is 4.31 Å². The van der Waals surface area contributed by atoms with E-state index in [1.54, 1.807) is 42.5 Å². The number of nitrogens with one attached hydrogen (secondary N) is 1. The predicted octanol–water partition coefficient (Wildman–Crippen LogP) is 2.12. The normalized spacial score (nSPS) is 19.3. The Labute approximate surface area is 153 Å². The number of sulfonamides is 1. The molecule has 26 heavy (non-hydrogen) atoms. The number of carbonyl (C=O) groups is 2. The van der Waals surface area contributed by atoms with Gasteiger partial charge in [-0.3, -0.25) is 9.59 Å². The molecule has 3 aromatic rings. The number of anilines is 1. The van der Waals surface area contributed by atoms with E-state index in [1.165, 1.54) is 13.2 Å². The number of benzene rings is 1. The Morgan fingerprint density at radius 3 is 2.65 bits per heavy atom. The molecule has 0 radical (unpaired) electrons. The van der Waals surface area contributed by atoms with Crippen LogP contribution < -0.4 is 5.32 Å². The molecular weight excluding hydrogens is 374 g/mol. The smallest absolute Gasteiger partial charge is 0.252 e. The van der Waals surface area contributed by atoms with E-state index in [0.717, 1.165) is 15.6 Å². The molecule has 0 bridgehead atoms. The molecule has 7 nitrogen and oxygen atoms in total. The summed E-state index contributed by atoms with van der Waals surface area (Å²) in [5.74, 6) is -1.02. The Bertz CT molecular complexity index is 1140. The van der Waals surface area contributed by atoms with Crippen LogP contribution in [0.2, 0.25) is 0 Å². The average molecular weight is 387 g/mol. The number of thiophene rings is 1. The van der Waals surface area contributed by atoms with Crippen molar-refractivity contribution >= 4 is 49.0 Å². The number of nitrogens with zero attached hydrogens (tertiary/aromatic N) is 2. The summed E-state index contributed by atoms with van der Waals surface area (Å²) in [4.78, 5) is 29.6. The van der Waals surface area contributed by atoms with Crippen LogP contribution in [0.25, 0.3) is 10.1 Å². The highest BCUT2D eigenvalue weighted by Crippen LogP contribution is 2.40. The molecule has 4 rings (SSSR count). The minimum absolute atomic E-state index is 0.0208. The molecule has 0 spiro atoms. The Morgan fingerprint density at radius 2 is 1.92 bits per heavy atom. The van der Waals surface area contributed by atoms with Crippen LogP contribution in [0.15, 0.2) is 53.6 Å². The first kappa shape index (κ1) is 16.8. The van der Waals surface area contributed by atoms with Gasteiger partial charge in [-0.1, -0.05) is 24.3 Å². The van der Waals surface area contributed by atoms with E-state index >= 15 is 0 Å². The number of hydrogen-bond acceptors (Lipinski definition) is 6. The molecule has 1 atom stereocenters. The van der Waals surface area contributed by atoms with Gasteiger partial charge in [0.25, 0.3) is 5.91 Å². The minimum Gasteiger partial charge on any atom is -0.309 e. The molecule has 0 saturated carbocycles. The van der Waals surface area contributed by atoms with E-state index in [4.69, 9.17) is 0 Å². The van der Waals surface area contributed by atoms with Crippen LogP contribution in [0.1, 0.15) is 9.67 Å². The number of rotatable bonds is 2. The molecule has 1 N–H and O–H groups in total. The Hall–Kier alpha value is -2.62. The molecule has 2 aromatic heterocycles. The van der Waals surface area contributed by atoms with Crippen molar-refractivity contribution in [3.8, 4) is 0 Å². The molecule has 0 saturated heterocycles. The van der Waals surface area contributed by atoms with Gasteiger partial charge < -0.3 is 5.32 Å². The number of Topliss-reactive ketones (excluding diaryl/α,β-unsaturated/α-hetero) is 1. The number of aromatic nitrogens is 1. The van der Waals surface area contributed by atoms with Gasteiger partial charge in [0.05, 0.1) is 4.88 Å². The van der Waals surface area contributed by atoms with Gasteiger partial charge >= 0.3 is 0 Å². The summed E-state index contributed by atoms with van der Waals surface area (Å²) in [5, 5.41) is 3.00. The van der Waals surface area contributed by atoms with Gasteiger partial charge in [0.1, 0.15) is 10.7 Å². The lowest BCUT2D eigenvalue weighted by atomic mass is 10.1. The first-order valence-electron chi connectivity index (χ1n) is 7.67. The lowest BCUT2D eigenvalue weighted by Crippen LogP contribution is -2.52. The van der Waals surface area contributed by atoms with Gasteiger partial charge in [0.15, 0.2) is 6.04 Å². The molecule has 0 fully saturated rings. The van der Waals surface area contributed by atoms with Gasteiger partial charge in [0, 0.05) is 23.3 Å². The second-order valence-corrected chi connectivity index (χ2v) is 8.74. The summed E-state index contributed by atoms with van der Waals surface area (Å²) in [6.45, 7) is 0. The Balaban J connectivity index is 1.82. The zero-order valence-electron chi connectivity index (χ0n) is 13.5. The van der Waals surface area contributed by atoms with Crippen molar-refractivity contribution in [3.05, 3.63) is 53.5 Å². The van der Waals surface area contributed by atoms with Crippen LogP contribution in [-0.2, 0) is 14.8 Å². The molecule has 1 amide bonds. The van der Waals surface area contributed by atoms with Gasteiger partial charge in [-0.05, 0) is 18.2 Å². The second kappa shape index (κ2) is 5.97. The number of carbonyl (C=O) groups excluding carboxylic acids is 2. The SMILES string of the molecule is CN1C(C(=O)Nc2ccccn2)C(=O)c2sc3ccccc3c2S1(=O)=O. The van der Waals surface area contributed by atoms with E-state index in [-0.39, 0.29) is 15.6 Å². The second-order valence-electron chi connectivity index (χ2n) is 5.75. The average Bonchev–Trinajstić information content (AvgIpc) is 3.02. The van der Waals surface area contributed by atoms with E-state index in [2.05, 4.69) is 10.3 Å². The fourth-order valence-corrected chi connectivity index (χ4v) is 6.04. The summed E-state index contributed by atoms with van der Waals surface area (Å²) < 4.78 is 27.5. The molecule has 1 aromatic carbocycles. The molecule has 1 unspecified atom stereocenters. The van der Waals surface area contributed by atoms with E-state index < -0.39 is 27.8 Å². The van der Waals surface area contributed by atoms with Crippen LogP contribution in [0, 0.1) is 0 Å². The van der Waals surface area contributed by atoms with Crippen LogP contribution in [0.3, 0.4) is 0 Å². The Kier molecular flexibility index (Phi) is 3.87. The zero-order chi connectivity index (χ0) is 18.5. The third kappa shape index (κ3) is 2.44. The van der Waals surface area contributed by atoms with Crippen LogP contribution in [-0.4, -0.2) is 42.5 Å². The molecule has 0 aliphatic carbocycles. The maximum absolute atomic E-state index is 13.0. The summed E-state index contributed by atoms with van der Waals surface area (Å²) in [7, 11) is -2.74. The number of amides is 1. The largest absolute Gasteiger partial charge is 0.309 e. The highest BCUT2D eigenvalue weighted by atomic mass is 32.2. The zero-order valence-corrected chi connectivity index (χ0v) is 15.2. The molecule has 132 valence electrons. The standard InChI is InChI=1S/C17H13N3O4S2/c1-20-13(17(22)19-12-8-4-5-9-18-12)14(21)15-16(26(20,23)24)10-6-2-3-7-11(10)25-15/h2-9,13H,1H3,(H,18,19,22). The van der Waals surface area contributed by atoms with Crippen molar-refractivity contribution in [1.82, 2.24) is 9.29 Å². The lowest BCUT2D eigenvalue weighted by molar-refractivity contribution is -0.118. The third-order valence-electron chi connectivity index (χ3n) is 4.19. The topological polar surface area (TPSA) is 96.4 Å². The van der Waals surface area contributed by atoms with E-state index in [1.807, 2.05) is 0 Å². The number of fused-ring (bicyclic) bond motifs is 3. The summed E-state index contributed by atoms with van der Waals surface area (Å²) in [5.41, 5.74) is 0. The first-order valence-corrected chi connectivity index (χ1v) is 9.92. The molecular formula is C17H13N3O4S2. The monoisotopic (exact) mass is 387 g/mol. The Morgan fingerprint density at radius 1 is 1.19 bits per heavy atom. The summed E-state index contributed by atoms with van der Waals surface area (Å²) >= 11 is 1.09. The van der Waals surface area contributed by atoms with Gasteiger partial charge in [-0.25, -0.2) is 13.4 Å². The summed E-state index contributed by atoms with van der Waals surface area (Å²) in [6, 6.07) is 10.4. The molecule has 1 aliphatic rings. The fourth-order valence-electron chi connectivity index (χ4n) is 2.93. The first-order chi connectivity index (χ1) is 12.4. The molecule has 3 heterocycles. The highest BCUT2D eigenvalue weighted by Gasteiger charge is 2.47. The summed E-state index contributed by atoms with van der Waals surface area (Å²) in [6.07, 6.45) is 1.49. The van der Waals surface area contributed by atoms with Crippen molar-refractivity contribution in [1.29, 1.82) is 0 Å². The van der Waals surface area contributed by atoms with Crippen LogP contribution >= 0.6 is 11.3 Å². The van der Waals surface area contributed by atoms with Gasteiger partial charge in [-0.15, -0.1) is 11.3 Å². The predicted molar refractivity (Wildman–Crippen MR) is 97.8 cm³/mol. The number of pyridine rings is 1. The van der Waals surface area contributed by atoms with Crippen molar-refractivity contribution in [2.45, 2.75) is 10.9 Å². The van der Waals surface area contributed by atoms with Crippen LogP contribution in [0.5, 0.6) is 0 Å². The lowest BCUT2D eigenvalue weighted by Gasteiger charge is -2.29. The third-order valence-corrected chi connectivity index (χ3v) is 7.41. The molecule has 9 heteroatoms.